The van der Waals surface area contributed by atoms with E-state index in [1.54, 1.807) is 15.9 Å². The molecule has 1 spiro atoms. The summed E-state index contributed by atoms with van der Waals surface area (Å²) in [6, 6.07) is 1.23. The van der Waals surface area contributed by atoms with Crippen LogP contribution in [0.15, 0.2) is 59.0 Å². The van der Waals surface area contributed by atoms with Crippen molar-refractivity contribution in [2.45, 2.75) is 50.5 Å². The summed E-state index contributed by atoms with van der Waals surface area (Å²) in [5.41, 5.74) is -0.0730. The number of furan rings is 1. The molecule has 4 heterocycles. The fourth-order valence-corrected chi connectivity index (χ4v) is 4.55. The zero-order valence-electron chi connectivity index (χ0n) is 16.8. The van der Waals surface area contributed by atoms with Crippen LogP contribution >= 0.6 is 0 Å². The number of nitrogens with zero attached hydrogens (tertiary/aromatic N) is 2. The van der Waals surface area contributed by atoms with E-state index in [4.69, 9.17) is 9.15 Å². The highest BCUT2D eigenvalue weighted by Crippen LogP contribution is 2.44. The molecule has 8 heteroatoms. The van der Waals surface area contributed by atoms with Crippen molar-refractivity contribution in [3.05, 3.63) is 60.1 Å². The quantitative estimate of drug-likeness (QED) is 0.696. The van der Waals surface area contributed by atoms with Gasteiger partial charge in [-0.3, -0.25) is 9.59 Å². The van der Waals surface area contributed by atoms with Crippen LogP contribution in [0, 0.1) is 0 Å². The van der Waals surface area contributed by atoms with E-state index in [9.17, 15) is 18.4 Å². The molecule has 0 bridgehead atoms. The number of carbonyl (C=O) groups is 2. The van der Waals surface area contributed by atoms with E-state index in [1.165, 1.54) is 18.6 Å². The maximum Gasteiger partial charge on any atom is 0.257 e. The summed E-state index contributed by atoms with van der Waals surface area (Å²) < 4.78 is 38.0. The van der Waals surface area contributed by atoms with Crippen molar-refractivity contribution in [1.82, 2.24) is 9.80 Å². The standard InChI is InChI=1S/C22H24F2N2O4/c1-14(11-17(24)12-15(2)23)18-3-4-19-26(18)21(28)22(30-19)6-8-25(9-7-22)20(27)16-5-10-29-13-16/h5,10-13,18-19H,1,3-4,6-9H2,2H3/b15-12+,17-11+/t18-,19+/m0/s1. The maximum atomic E-state index is 13.9. The fraction of sp³-hybridized carbons (Fsp3) is 0.455. The lowest BCUT2D eigenvalue weighted by Gasteiger charge is -2.37. The maximum absolute atomic E-state index is 13.9. The van der Waals surface area contributed by atoms with Crippen molar-refractivity contribution in [2.24, 2.45) is 0 Å². The van der Waals surface area contributed by atoms with E-state index in [1.807, 2.05) is 0 Å². The van der Waals surface area contributed by atoms with E-state index >= 15 is 0 Å². The molecule has 1 aromatic heterocycles. The van der Waals surface area contributed by atoms with Crippen molar-refractivity contribution in [2.75, 3.05) is 13.1 Å². The van der Waals surface area contributed by atoms with Gasteiger partial charge in [-0.15, -0.1) is 0 Å². The van der Waals surface area contributed by atoms with E-state index in [2.05, 4.69) is 6.58 Å². The van der Waals surface area contributed by atoms with Gasteiger partial charge in [0.2, 0.25) is 0 Å². The summed E-state index contributed by atoms with van der Waals surface area (Å²) in [7, 11) is 0. The van der Waals surface area contributed by atoms with Crippen molar-refractivity contribution < 1.29 is 27.5 Å². The monoisotopic (exact) mass is 418 g/mol. The molecule has 3 saturated heterocycles. The second-order valence-electron chi connectivity index (χ2n) is 8.01. The average molecular weight is 418 g/mol. The van der Waals surface area contributed by atoms with Gasteiger partial charge in [0, 0.05) is 32.0 Å². The molecular weight excluding hydrogens is 394 g/mol. The second kappa shape index (κ2) is 7.83. The van der Waals surface area contributed by atoms with Gasteiger partial charge in [0.15, 0.2) is 5.60 Å². The number of fused-ring (bicyclic) bond motifs is 1. The van der Waals surface area contributed by atoms with Gasteiger partial charge in [-0.25, -0.2) is 8.78 Å². The minimum Gasteiger partial charge on any atom is -0.472 e. The van der Waals surface area contributed by atoms with Crippen LogP contribution in [-0.2, 0) is 9.53 Å². The smallest absolute Gasteiger partial charge is 0.257 e. The third-order valence-electron chi connectivity index (χ3n) is 6.03. The van der Waals surface area contributed by atoms with Crippen LogP contribution in [0.1, 0.15) is 43.0 Å². The topological polar surface area (TPSA) is 63.0 Å². The summed E-state index contributed by atoms with van der Waals surface area (Å²) in [6.07, 6.45) is 6.46. The number of piperidine rings is 1. The van der Waals surface area contributed by atoms with Gasteiger partial charge in [-0.05, 0) is 37.5 Å². The number of carbonyl (C=O) groups excluding carboxylic acids is 2. The Bertz CT molecular complexity index is 910. The molecule has 2 atom stereocenters. The Hall–Kier alpha value is -2.74. The Balaban J connectivity index is 1.44. The number of amides is 2. The lowest BCUT2D eigenvalue weighted by molar-refractivity contribution is -0.142. The molecule has 0 saturated carbocycles. The molecule has 0 N–H and O–H groups in total. The van der Waals surface area contributed by atoms with Gasteiger partial charge in [0.25, 0.3) is 11.8 Å². The van der Waals surface area contributed by atoms with E-state index in [0.717, 1.165) is 13.0 Å². The summed E-state index contributed by atoms with van der Waals surface area (Å²) in [6.45, 7) is 5.86. The van der Waals surface area contributed by atoms with Crippen LogP contribution in [-0.4, -0.2) is 52.6 Å². The predicted octanol–water partition coefficient (Wildman–Crippen LogP) is 3.88. The van der Waals surface area contributed by atoms with E-state index < -0.39 is 17.3 Å². The molecule has 3 fully saturated rings. The second-order valence-corrected chi connectivity index (χ2v) is 8.01. The first-order valence-corrected chi connectivity index (χ1v) is 10.0. The molecule has 2 amide bonds. The van der Waals surface area contributed by atoms with E-state index in [-0.39, 0.29) is 24.1 Å². The van der Waals surface area contributed by atoms with Crippen molar-refractivity contribution in [1.29, 1.82) is 0 Å². The number of hydrogen-bond acceptors (Lipinski definition) is 4. The molecule has 0 aliphatic carbocycles. The van der Waals surface area contributed by atoms with Gasteiger partial charge in [-0.1, -0.05) is 6.58 Å². The first-order chi connectivity index (χ1) is 14.3. The molecular formula is C22H24F2N2O4. The zero-order valence-corrected chi connectivity index (χ0v) is 16.8. The minimum absolute atomic E-state index is 0.132. The Morgan fingerprint density at radius 3 is 2.63 bits per heavy atom. The summed E-state index contributed by atoms with van der Waals surface area (Å²) in [5.74, 6) is -1.65. The number of rotatable bonds is 4. The third kappa shape index (κ3) is 3.60. The average Bonchev–Trinajstić information content (AvgIpc) is 3.41. The van der Waals surface area contributed by atoms with Crippen LogP contribution in [0.25, 0.3) is 0 Å². The minimum atomic E-state index is -0.964. The Morgan fingerprint density at radius 1 is 1.27 bits per heavy atom. The van der Waals surface area contributed by atoms with Gasteiger partial charge in [0.05, 0.1) is 23.7 Å². The Morgan fingerprint density at radius 2 is 2.00 bits per heavy atom. The fourth-order valence-electron chi connectivity index (χ4n) is 4.55. The molecule has 0 unspecified atom stereocenters. The largest absolute Gasteiger partial charge is 0.472 e. The molecule has 6 nitrogen and oxygen atoms in total. The lowest BCUT2D eigenvalue weighted by atomic mass is 9.89. The summed E-state index contributed by atoms with van der Waals surface area (Å²) in [4.78, 5) is 29.1. The van der Waals surface area contributed by atoms with E-state index in [0.29, 0.717) is 49.9 Å². The number of allylic oxidation sites excluding steroid dienone is 3. The summed E-state index contributed by atoms with van der Waals surface area (Å²) >= 11 is 0. The highest BCUT2D eigenvalue weighted by atomic mass is 19.1. The molecule has 1 aromatic rings. The van der Waals surface area contributed by atoms with Crippen molar-refractivity contribution in [3.8, 4) is 0 Å². The lowest BCUT2D eigenvalue weighted by Crippen LogP contribution is -2.52. The van der Waals surface area contributed by atoms with Crippen LogP contribution in [0.5, 0.6) is 0 Å². The number of likely N-dealkylation sites (tertiary alicyclic amines) is 1. The molecule has 4 rings (SSSR count). The van der Waals surface area contributed by atoms with Crippen LogP contribution in [0.2, 0.25) is 0 Å². The first kappa shape index (κ1) is 20.5. The van der Waals surface area contributed by atoms with Crippen LogP contribution in [0.4, 0.5) is 8.78 Å². The Labute approximate surface area is 173 Å². The van der Waals surface area contributed by atoms with Crippen molar-refractivity contribution >= 4 is 11.8 Å². The first-order valence-electron chi connectivity index (χ1n) is 10.0. The van der Waals surface area contributed by atoms with Crippen LogP contribution < -0.4 is 0 Å². The highest BCUT2D eigenvalue weighted by molar-refractivity contribution is 5.94. The third-order valence-corrected chi connectivity index (χ3v) is 6.03. The molecule has 160 valence electrons. The van der Waals surface area contributed by atoms with Crippen LogP contribution in [0.3, 0.4) is 0 Å². The SMILES string of the molecule is C=C(/C=C(F)\C=C(/C)F)[C@@H]1CC[C@H]2OC3(CCN(C(=O)c4ccoc4)CC3)C(=O)N21. The normalized spacial score (nSPS) is 26.4. The molecule has 3 aliphatic rings. The summed E-state index contributed by atoms with van der Waals surface area (Å²) in [5, 5.41) is 0. The number of ether oxygens (including phenoxy) is 1. The zero-order chi connectivity index (χ0) is 21.5. The predicted molar refractivity (Wildman–Crippen MR) is 105 cm³/mol. The van der Waals surface area contributed by atoms with Gasteiger partial charge >= 0.3 is 0 Å². The molecule has 0 radical (unpaired) electrons. The van der Waals surface area contributed by atoms with Gasteiger partial charge in [-0.2, -0.15) is 0 Å². The number of halogens is 2. The molecule has 0 aromatic carbocycles. The molecule has 3 aliphatic heterocycles. The van der Waals surface area contributed by atoms with Gasteiger partial charge in [0.1, 0.15) is 18.3 Å². The number of hydrogen-bond donors (Lipinski definition) is 0. The highest BCUT2D eigenvalue weighted by Gasteiger charge is 2.58. The van der Waals surface area contributed by atoms with Gasteiger partial charge < -0.3 is 19.0 Å². The molecule has 30 heavy (non-hydrogen) atoms. The van der Waals surface area contributed by atoms with Crippen molar-refractivity contribution in [3.63, 3.8) is 0 Å². The Kier molecular flexibility index (Phi) is 5.36.